The molecule has 0 saturated heterocycles. The van der Waals surface area contributed by atoms with Crippen LogP contribution in [0.2, 0.25) is 0 Å². The number of benzene rings is 1. The first-order chi connectivity index (χ1) is 6.13. The fourth-order valence-corrected chi connectivity index (χ4v) is 1.20. The van der Waals surface area contributed by atoms with Crippen molar-refractivity contribution in [1.29, 1.82) is 0 Å². The lowest BCUT2D eigenvalue weighted by Gasteiger charge is -2.08. The maximum Gasteiger partial charge on any atom is 0.221 e. The lowest BCUT2D eigenvalue weighted by atomic mass is 10.1. The van der Waals surface area contributed by atoms with Crippen LogP contribution in [0.4, 0.5) is 5.69 Å². The maximum absolute atomic E-state index is 10.8. The van der Waals surface area contributed by atoms with Gasteiger partial charge in [0.1, 0.15) is 0 Å². The van der Waals surface area contributed by atoms with Crippen molar-refractivity contribution >= 4 is 11.6 Å². The van der Waals surface area contributed by atoms with Crippen LogP contribution in [-0.4, -0.2) is 5.91 Å². The molecular weight excluding hydrogens is 164 g/mol. The van der Waals surface area contributed by atoms with Crippen molar-refractivity contribution in [1.82, 2.24) is 0 Å². The van der Waals surface area contributed by atoms with Crippen LogP contribution in [0.3, 0.4) is 0 Å². The molecule has 0 saturated carbocycles. The molecule has 1 amide bonds. The summed E-state index contributed by atoms with van der Waals surface area (Å²) >= 11 is 0. The maximum atomic E-state index is 10.8. The van der Waals surface area contributed by atoms with Gasteiger partial charge in [0.2, 0.25) is 5.91 Å². The van der Waals surface area contributed by atoms with E-state index in [1.807, 2.05) is 25.1 Å². The lowest BCUT2D eigenvalue weighted by Crippen LogP contribution is -2.10. The van der Waals surface area contributed by atoms with Crippen molar-refractivity contribution < 1.29 is 4.79 Å². The van der Waals surface area contributed by atoms with E-state index in [1.165, 1.54) is 6.92 Å². The van der Waals surface area contributed by atoms with Crippen LogP contribution in [0.15, 0.2) is 18.2 Å². The van der Waals surface area contributed by atoms with E-state index >= 15 is 0 Å². The van der Waals surface area contributed by atoms with Gasteiger partial charge < -0.3 is 11.1 Å². The van der Waals surface area contributed by atoms with Gasteiger partial charge in [-0.15, -0.1) is 0 Å². The van der Waals surface area contributed by atoms with E-state index in [0.29, 0.717) is 6.54 Å². The molecule has 0 radical (unpaired) electrons. The van der Waals surface area contributed by atoms with Crippen LogP contribution in [0.5, 0.6) is 0 Å². The first-order valence-electron chi connectivity index (χ1n) is 4.20. The summed E-state index contributed by atoms with van der Waals surface area (Å²) in [6.45, 7) is 3.92. The lowest BCUT2D eigenvalue weighted by molar-refractivity contribution is -0.114. The van der Waals surface area contributed by atoms with Gasteiger partial charge in [0, 0.05) is 19.2 Å². The summed E-state index contributed by atoms with van der Waals surface area (Å²) in [4.78, 5) is 10.8. The highest BCUT2D eigenvalue weighted by atomic mass is 16.1. The summed E-state index contributed by atoms with van der Waals surface area (Å²) < 4.78 is 0. The van der Waals surface area contributed by atoms with Gasteiger partial charge in [0.15, 0.2) is 0 Å². The number of hydrogen-bond acceptors (Lipinski definition) is 2. The second kappa shape index (κ2) is 4.05. The van der Waals surface area contributed by atoms with E-state index < -0.39 is 0 Å². The van der Waals surface area contributed by atoms with Crippen molar-refractivity contribution in [2.24, 2.45) is 5.73 Å². The second-order valence-corrected chi connectivity index (χ2v) is 3.05. The van der Waals surface area contributed by atoms with E-state index in [0.717, 1.165) is 16.8 Å². The number of amides is 1. The van der Waals surface area contributed by atoms with Crippen molar-refractivity contribution in [2.45, 2.75) is 20.4 Å². The molecule has 0 heterocycles. The van der Waals surface area contributed by atoms with Gasteiger partial charge in [0.05, 0.1) is 0 Å². The Labute approximate surface area is 77.9 Å². The number of hydrogen-bond donors (Lipinski definition) is 2. The summed E-state index contributed by atoms with van der Waals surface area (Å²) in [5, 5.41) is 2.73. The molecule has 3 N–H and O–H groups in total. The van der Waals surface area contributed by atoms with Crippen molar-refractivity contribution in [3.8, 4) is 0 Å². The Morgan fingerprint density at radius 2 is 2.23 bits per heavy atom. The minimum atomic E-state index is -0.0708. The highest BCUT2D eigenvalue weighted by Gasteiger charge is 2.01. The standard InChI is InChI=1S/C10H14N2O/c1-7-3-4-10(12-8(2)13)9(5-7)6-11/h3-5H,6,11H2,1-2H3,(H,12,13). The molecule has 1 aromatic carbocycles. The predicted octanol–water partition coefficient (Wildman–Crippen LogP) is 1.41. The molecule has 0 bridgehead atoms. The van der Waals surface area contributed by atoms with Gasteiger partial charge in [-0.2, -0.15) is 0 Å². The number of nitrogens with two attached hydrogens (primary N) is 1. The van der Waals surface area contributed by atoms with Crippen LogP contribution >= 0.6 is 0 Å². The molecule has 1 rings (SSSR count). The van der Waals surface area contributed by atoms with E-state index in [2.05, 4.69) is 5.32 Å². The molecule has 0 aliphatic carbocycles. The van der Waals surface area contributed by atoms with Gasteiger partial charge in [-0.05, 0) is 18.6 Å². The Kier molecular flexibility index (Phi) is 3.03. The average molecular weight is 178 g/mol. The number of carbonyl (C=O) groups is 1. The van der Waals surface area contributed by atoms with Crippen LogP contribution in [0.25, 0.3) is 0 Å². The van der Waals surface area contributed by atoms with Crippen molar-refractivity contribution in [3.05, 3.63) is 29.3 Å². The molecule has 0 spiro atoms. The fraction of sp³-hybridized carbons (Fsp3) is 0.300. The smallest absolute Gasteiger partial charge is 0.221 e. The van der Waals surface area contributed by atoms with E-state index in [4.69, 9.17) is 5.73 Å². The molecule has 0 unspecified atom stereocenters. The minimum absolute atomic E-state index is 0.0708. The number of anilines is 1. The van der Waals surface area contributed by atoms with Gasteiger partial charge in [-0.1, -0.05) is 17.7 Å². The average Bonchev–Trinajstić information content (AvgIpc) is 2.07. The van der Waals surface area contributed by atoms with Crippen LogP contribution in [-0.2, 0) is 11.3 Å². The van der Waals surface area contributed by atoms with E-state index in [1.54, 1.807) is 0 Å². The van der Waals surface area contributed by atoms with Crippen molar-refractivity contribution in [3.63, 3.8) is 0 Å². The quantitative estimate of drug-likeness (QED) is 0.719. The summed E-state index contributed by atoms with van der Waals surface area (Å²) in [5.74, 6) is -0.0708. The molecule has 70 valence electrons. The normalized spacial score (nSPS) is 9.77. The molecule has 0 aliphatic rings. The first-order valence-corrected chi connectivity index (χ1v) is 4.20. The largest absolute Gasteiger partial charge is 0.326 e. The van der Waals surface area contributed by atoms with Gasteiger partial charge >= 0.3 is 0 Å². The fourth-order valence-electron chi connectivity index (χ4n) is 1.20. The SMILES string of the molecule is CC(=O)Nc1ccc(C)cc1CN. The molecule has 13 heavy (non-hydrogen) atoms. The molecule has 0 fully saturated rings. The number of nitrogens with one attached hydrogen (secondary N) is 1. The second-order valence-electron chi connectivity index (χ2n) is 3.05. The van der Waals surface area contributed by atoms with Gasteiger partial charge in [-0.3, -0.25) is 4.79 Å². The summed E-state index contributed by atoms with van der Waals surface area (Å²) in [5.41, 5.74) is 8.47. The Bertz CT molecular complexity index is 321. The first kappa shape index (κ1) is 9.74. The Balaban J connectivity index is 2.99. The zero-order valence-corrected chi connectivity index (χ0v) is 7.92. The monoisotopic (exact) mass is 178 g/mol. The van der Waals surface area contributed by atoms with Gasteiger partial charge in [-0.25, -0.2) is 0 Å². The minimum Gasteiger partial charge on any atom is -0.326 e. The predicted molar refractivity (Wildman–Crippen MR) is 53.4 cm³/mol. The topological polar surface area (TPSA) is 55.1 Å². The summed E-state index contributed by atoms with van der Waals surface area (Å²) in [6.07, 6.45) is 0. The summed E-state index contributed by atoms with van der Waals surface area (Å²) in [6, 6.07) is 5.80. The zero-order chi connectivity index (χ0) is 9.84. The third-order valence-corrected chi connectivity index (χ3v) is 1.79. The van der Waals surface area contributed by atoms with Crippen LogP contribution < -0.4 is 11.1 Å². The van der Waals surface area contributed by atoms with E-state index in [9.17, 15) is 4.79 Å². The van der Waals surface area contributed by atoms with E-state index in [-0.39, 0.29) is 5.91 Å². The molecule has 1 aromatic rings. The molecule has 0 atom stereocenters. The molecule has 3 nitrogen and oxygen atoms in total. The Morgan fingerprint density at radius 3 is 2.77 bits per heavy atom. The molecule has 0 aromatic heterocycles. The number of aryl methyl sites for hydroxylation is 1. The zero-order valence-electron chi connectivity index (χ0n) is 7.92. The molecule has 3 heteroatoms. The molecule has 0 aliphatic heterocycles. The van der Waals surface area contributed by atoms with Crippen molar-refractivity contribution in [2.75, 3.05) is 5.32 Å². The molecular formula is C10H14N2O. The third kappa shape index (κ3) is 2.56. The van der Waals surface area contributed by atoms with Crippen LogP contribution in [0.1, 0.15) is 18.1 Å². The highest BCUT2D eigenvalue weighted by molar-refractivity contribution is 5.89. The third-order valence-electron chi connectivity index (χ3n) is 1.79. The highest BCUT2D eigenvalue weighted by Crippen LogP contribution is 2.16. The number of rotatable bonds is 2. The Hall–Kier alpha value is -1.35. The number of carbonyl (C=O) groups excluding carboxylic acids is 1. The Morgan fingerprint density at radius 1 is 1.54 bits per heavy atom. The summed E-state index contributed by atoms with van der Waals surface area (Å²) in [7, 11) is 0. The van der Waals surface area contributed by atoms with Gasteiger partial charge in [0.25, 0.3) is 0 Å². The van der Waals surface area contributed by atoms with Crippen LogP contribution in [0, 0.1) is 6.92 Å².